The molecule has 31 heavy (non-hydrogen) atoms. The fraction of sp³-hybridized carbons (Fsp3) is 0.333. The van der Waals surface area contributed by atoms with Gasteiger partial charge in [0.1, 0.15) is 23.5 Å². The molecule has 6 nitrogen and oxygen atoms in total. The Morgan fingerprint density at radius 2 is 1.77 bits per heavy atom. The van der Waals surface area contributed by atoms with E-state index in [1.807, 2.05) is 0 Å². The minimum Gasteiger partial charge on any atom is -0.491 e. The van der Waals surface area contributed by atoms with Crippen LogP contribution in [-0.2, 0) is 6.18 Å². The Balaban J connectivity index is 1.81. The van der Waals surface area contributed by atoms with Gasteiger partial charge < -0.3 is 19.9 Å². The molecular formula is C18H15ClF6N2O4. The molecule has 13 heteroatoms. The highest BCUT2D eigenvalue weighted by molar-refractivity contribution is 6.32. The van der Waals surface area contributed by atoms with Crippen molar-refractivity contribution in [2.75, 3.05) is 19.8 Å². The van der Waals surface area contributed by atoms with Gasteiger partial charge in [-0.3, -0.25) is 4.79 Å². The van der Waals surface area contributed by atoms with E-state index in [0.29, 0.717) is 0 Å². The Hall–Kier alpha value is -2.73. The molecule has 2 N–H and O–H groups in total. The summed E-state index contributed by atoms with van der Waals surface area (Å²) in [7, 11) is 0. The number of carbonyl (C=O) groups excluding carboxylic acids is 1. The van der Waals surface area contributed by atoms with E-state index >= 15 is 0 Å². The van der Waals surface area contributed by atoms with E-state index in [4.69, 9.17) is 16.3 Å². The number of amides is 1. The van der Waals surface area contributed by atoms with Gasteiger partial charge in [0.05, 0.1) is 11.1 Å². The number of hydrogen-bond donors (Lipinski definition) is 2. The molecule has 2 aromatic rings. The number of alkyl halides is 6. The van der Waals surface area contributed by atoms with E-state index in [0.717, 1.165) is 36.5 Å². The van der Waals surface area contributed by atoms with Crippen molar-refractivity contribution >= 4 is 17.5 Å². The largest absolute Gasteiger partial charge is 0.491 e. The van der Waals surface area contributed by atoms with Crippen LogP contribution in [0.2, 0.25) is 5.02 Å². The summed E-state index contributed by atoms with van der Waals surface area (Å²) in [5.41, 5.74) is -0.949. The van der Waals surface area contributed by atoms with Crippen molar-refractivity contribution in [1.29, 1.82) is 0 Å². The highest BCUT2D eigenvalue weighted by Gasteiger charge is 2.30. The Kier molecular flexibility index (Phi) is 7.96. The van der Waals surface area contributed by atoms with Crippen molar-refractivity contribution in [3.8, 4) is 11.6 Å². The summed E-state index contributed by atoms with van der Waals surface area (Å²) in [6.45, 7) is -2.21. The predicted molar refractivity (Wildman–Crippen MR) is 96.1 cm³/mol. The van der Waals surface area contributed by atoms with Crippen LogP contribution in [0.4, 0.5) is 26.3 Å². The molecule has 0 saturated heterocycles. The van der Waals surface area contributed by atoms with Gasteiger partial charge in [-0.1, -0.05) is 11.6 Å². The van der Waals surface area contributed by atoms with Crippen LogP contribution < -0.4 is 14.8 Å². The number of aromatic nitrogens is 1. The molecule has 1 amide bonds. The average molecular weight is 473 g/mol. The summed E-state index contributed by atoms with van der Waals surface area (Å²) in [6, 6.07) is 4.86. The lowest BCUT2D eigenvalue weighted by Gasteiger charge is -2.14. The lowest BCUT2D eigenvalue weighted by Crippen LogP contribution is -2.35. The van der Waals surface area contributed by atoms with Gasteiger partial charge in [0.25, 0.3) is 5.91 Å². The van der Waals surface area contributed by atoms with Crippen LogP contribution in [0, 0.1) is 0 Å². The number of halogens is 7. The molecule has 0 fully saturated rings. The molecule has 0 aliphatic carbocycles. The fourth-order valence-corrected chi connectivity index (χ4v) is 2.33. The minimum atomic E-state index is -4.58. The molecule has 1 aromatic carbocycles. The Morgan fingerprint density at radius 3 is 2.32 bits per heavy atom. The first-order valence-corrected chi connectivity index (χ1v) is 8.84. The predicted octanol–water partition coefficient (Wildman–Crippen LogP) is 3.86. The zero-order valence-corrected chi connectivity index (χ0v) is 16.2. The van der Waals surface area contributed by atoms with Crippen molar-refractivity contribution in [1.82, 2.24) is 10.3 Å². The number of pyridine rings is 1. The van der Waals surface area contributed by atoms with E-state index in [-0.39, 0.29) is 29.5 Å². The van der Waals surface area contributed by atoms with Crippen molar-refractivity contribution in [3.63, 3.8) is 0 Å². The van der Waals surface area contributed by atoms with Gasteiger partial charge in [0, 0.05) is 12.7 Å². The molecular weight excluding hydrogens is 458 g/mol. The van der Waals surface area contributed by atoms with Gasteiger partial charge in [0.15, 0.2) is 6.61 Å². The van der Waals surface area contributed by atoms with Crippen molar-refractivity contribution in [2.24, 2.45) is 0 Å². The summed E-state index contributed by atoms with van der Waals surface area (Å²) >= 11 is 5.75. The average Bonchev–Trinajstić information content (AvgIpc) is 2.68. The maximum atomic E-state index is 12.5. The molecule has 0 aliphatic rings. The van der Waals surface area contributed by atoms with E-state index in [2.05, 4.69) is 15.0 Å². The Morgan fingerprint density at radius 1 is 1.13 bits per heavy atom. The summed E-state index contributed by atoms with van der Waals surface area (Å²) < 4.78 is 83.5. The molecule has 0 bridgehead atoms. The normalized spacial score (nSPS) is 12.9. The van der Waals surface area contributed by atoms with Gasteiger partial charge >= 0.3 is 12.4 Å². The third kappa shape index (κ3) is 8.13. The molecule has 2 rings (SSSR count). The SMILES string of the molecule is O=C(NCC(O)COc1ccc(C(F)(F)F)cc1)c1cnc(OCC(F)(F)F)c(Cl)c1. The standard InChI is InChI=1S/C18H15ClF6N2O4/c19-14-5-10(6-27-16(14)31-9-17(20,21)22)15(29)26-7-12(28)8-30-13-3-1-11(2-4-13)18(23,24)25/h1-6,12,28H,7-9H2,(H,26,29). The molecule has 1 unspecified atom stereocenters. The van der Waals surface area contributed by atoms with E-state index in [9.17, 15) is 36.2 Å². The van der Waals surface area contributed by atoms with Crippen LogP contribution in [0.3, 0.4) is 0 Å². The summed E-state index contributed by atoms with van der Waals surface area (Å²) in [4.78, 5) is 15.6. The molecule has 1 heterocycles. The van der Waals surface area contributed by atoms with E-state index < -0.39 is 42.4 Å². The molecule has 170 valence electrons. The number of rotatable bonds is 8. The first-order valence-electron chi connectivity index (χ1n) is 8.46. The number of ether oxygens (including phenoxy) is 2. The van der Waals surface area contributed by atoms with Crippen LogP contribution in [0.25, 0.3) is 0 Å². The minimum absolute atomic E-state index is 0.0869. The zero-order chi connectivity index (χ0) is 23.2. The maximum Gasteiger partial charge on any atom is 0.422 e. The van der Waals surface area contributed by atoms with Crippen molar-refractivity contribution in [3.05, 3.63) is 52.7 Å². The number of carbonyl (C=O) groups is 1. The molecule has 1 atom stereocenters. The molecule has 0 spiro atoms. The number of nitrogens with one attached hydrogen (secondary N) is 1. The van der Waals surface area contributed by atoms with E-state index in [1.54, 1.807) is 0 Å². The van der Waals surface area contributed by atoms with Crippen LogP contribution in [0.5, 0.6) is 11.6 Å². The third-order valence-corrected chi connectivity index (χ3v) is 3.84. The lowest BCUT2D eigenvalue weighted by molar-refractivity contribution is -0.154. The highest BCUT2D eigenvalue weighted by Crippen LogP contribution is 2.30. The zero-order valence-electron chi connectivity index (χ0n) is 15.4. The number of aliphatic hydroxyl groups excluding tert-OH is 1. The van der Waals surface area contributed by atoms with Gasteiger partial charge in [-0.05, 0) is 30.3 Å². The van der Waals surface area contributed by atoms with Crippen LogP contribution >= 0.6 is 11.6 Å². The van der Waals surface area contributed by atoms with Gasteiger partial charge in [-0.25, -0.2) is 4.98 Å². The van der Waals surface area contributed by atoms with Crippen molar-refractivity contribution < 1.29 is 45.7 Å². The second kappa shape index (κ2) is 10.1. The Labute approximate surface area is 176 Å². The summed E-state index contributed by atoms with van der Waals surface area (Å²) in [5, 5.41) is 11.9. The molecule has 0 radical (unpaired) electrons. The second-order valence-electron chi connectivity index (χ2n) is 6.11. The van der Waals surface area contributed by atoms with Crippen LogP contribution in [0.1, 0.15) is 15.9 Å². The summed E-state index contributed by atoms with van der Waals surface area (Å²) in [5.74, 6) is -1.14. The smallest absolute Gasteiger partial charge is 0.422 e. The highest BCUT2D eigenvalue weighted by atomic mass is 35.5. The molecule has 0 aliphatic heterocycles. The second-order valence-corrected chi connectivity index (χ2v) is 6.52. The quantitative estimate of drug-likeness (QED) is 0.570. The van der Waals surface area contributed by atoms with Gasteiger partial charge in [-0.2, -0.15) is 26.3 Å². The summed E-state index contributed by atoms with van der Waals surface area (Å²) in [6.07, 6.45) is -9.33. The maximum absolute atomic E-state index is 12.5. The molecule has 0 saturated carbocycles. The first kappa shape index (κ1) is 24.5. The third-order valence-electron chi connectivity index (χ3n) is 3.56. The first-order chi connectivity index (χ1) is 14.3. The topological polar surface area (TPSA) is 80.7 Å². The number of aliphatic hydroxyl groups is 1. The van der Waals surface area contributed by atoms with E-state index in [1.165, 1.54) is 0 Å². The Bertz CT molecular complexity index is 890. The van der Waals surface area contributed by atoms with Gasteiger partial charge in [0.2, 0.25) is 5.88 Å². The fourth-order valence-electron chi connectivity index (χ4n) is 2.11. The lowest BCUT2D eigenvalue weighted by atomic mass is 10.2. The monoisotopic (exact) mass is 472 g/mol. The van der Waals surface area contributed by atoms with Crippen LogP contribution in [-0.4, -0.2) is 48.0 Å². The number of nitrogens with zero attached hydrogens (tertiary/aromatic N) is 1. The van der Waals surface area contributed by atoms with Crippen molar-refractivity contribution in [2.45, 2.75) is 18.5 Å². The number of hydrogen-bond acceptors (Lipinski definition) is 5. The van der Waals surface area contributed by atoms with Gasteiger partial charge in [-0.15, -0.1) is 0 Å². The van der Waals surface area contributed by atoms with Crippen LogP contribution in [0.15, 0.2) is 36.5 Å². The molecule has 1 aromatic heterocycles. The number of benzene rings is 1.